The molecule has 1 aliphatic carbocycles. The minimum absolute atomic E-state index is 0.0624. The Morgan fingerprint density at radius 3 is 2.60 bits per heavy atom. The third kappa shape index (κ3) is 3.00. The lowest BCUT2D eigenvalue weighted by molar-refractivity contribution is 0.0695. The summed E-state index contributed by atoms with van der Waals surface area (Å²) in [6.07, 6.45) is 4.73. The first-order chi connectivity index (χ1) is 12.0. The summed E-state index contributed by atoms with van der Waals surface area (Å²) in [7, 11) is 0. The van der Waals surface area contributed by atoms with E-state index in [-0.39, 0.29) is 28.8 Å². The molecule has 0 spiro atoms. The Bertz CT molecular complexity index is 898. The summed E-state index contributed by atoms with van der Waals surface area (Å²) >= 11 is 0. The molecule has 0 atom stereocenters. The fraction of sp³-hybridized carbons (Fsp3) is 0.444. The molecule has 132 valence electrons. The van der Waals surface area contributed by atoms with Gasteiger partial charge in [0.15, 0.2) is 11.6 Å². The number of aromatic nitrogens is 1. The van der Waals surface area contributed by atoms with Gasteiger partial charge in [-0.1, -0.05) is 0 Å². The molecule has 0 radical (unpaired) electrons. The molecule has 7 heteroatoms. The van der Waals surface area contributed by atoms with Crippen molar-refractivity contribution in [1.82, 2.24) is 9.88 Å². The van der Waals surface area contributed by atoms with Crippen LogP contribution in [0.3, 0.4) is 0 Å². The minimum Gasteiger partial charge on any atom is -0.487 e. The molecular formula is C18H19FN2O4. The van der Waals surface area contributed by atoms with Crippen molar-refractivity contribution < 1.29 is 19.0 Å². The van der Waals surface area contributed by atoms with Crippen LogP contribution in [0, 0.1) is 5.82 Å². The summed E-state index contributed by atoms with van der Waals surface area (Å²) in [5.74, 6) is -1.80. The lowest BCUT2D eigenvalue weighted by atomic mass is 10.1. The zero-order valence-electron chi connectivity index (χ0n) is 13.6. The van der Waals surface area contributed by atoms with E-state index in [1.54, 1.807) is 4.57 Å². The lowest BCUT2D eigenvalue weighted by Crippen LogP contribution is -2.34. The van der Waals surface area contributed by atoms with Crippen LogP contribution in [0.4, 0.5) is 4.39 Å². The van der Waals surface area contributed by atoms with E-state index in [2.05, 4.69) is 5.32 Å². The largest absolute Gasteiger partial charge is 0.487 e. The number of carbonyl (C=O) groups is 1. The second-order valence-electron chi connectivity index (χ2n) is 6.68. The van der Waals surface area contributed by atoms with Gasteiger partial charge < -0.3 is 19.7 Å². The first-order valence-corrected chi connectivity index (χ1v) is 8.53. The number of pyridine rings is 1. The van der Waals surface area contributed by atoms with Crippen molar-refractivity contribution in [3.63, 3.8) is 0 Å². The normalized spacial score (nSPS) is 18.4. The number of carboxylic acids is 1. The standard InChI is InChI=1S/C18H19FN2O4/c19-14-7-12-15(8-16(14)25-11-3-5-20-6-4-11)21(10-1-2-10)9-13(17(12)22)18(23)24/h7-11,20H,1-6H2,(H,23,24). The third-order valence-corrected chi connectivity index (χ3v) is 4.84. The second-order valence-corrected chi connectivity index (χ2v) is 6.68. The van der Waals surface area contributed by atoms with E-state index >= 15 is 0 Å². The Labute approximate surface area is 143 Å². The van der Waals surface area contributed by atoms with Gasteiger partial charge in [0.25, 0.3) is 0 Å². The third-order valence-electron chi connectivity index (χ3n) is 4.84. The number of nitrogens with one attached hydrogen (secondary N) is 1. The van der Waals surface area contributed by atoms with Crippen molar-refractivity contribution in [2.75, 3.05) is 13.1 Å². The van der Waals surface area contributed by atoms with Gasteiger partial charge in [0.05, 0.1) is 5.52 Å². The predicted octanol–water partition coefficient (Wildman–Crippen LogP) is 2.30. The smallest absolute Gasteiger partial charge is 0.341 e. The molecule has 0 unspecified atom stereocenters. The predicted molar refractivity (Wildman–Crippen MR) is 89.9 cm³/mol. The summed E-state index contributed by atoms with van der Waals surface area (Å²) in [6, 6.07) is 2.80. The quantitative estimate of drug-likeness (QED) is 0.888. The molecule has 1 aliphatic heterocycles. The molecule has 0 amide bonds. The number of rotatable bonds is 4. The van der Waals surface area contributed by atoms with Crippen LogP contribution >= 0.6 is 0 Å². The summed E-state index contributed by atoms with van der Waals surface area (Å²) < 4.78 is 22.1. The number of aromatic carboxylic acids is 1. The Morgan fingerprint density at radius 2 is 1.96 bits per heavy atom. The van der Waals surface area contributed by atoms with Gasteiger partial charge in [0, 0.05) is 23.7 Å². The number of carboxylic acid groups (broad SMARTS) is 1. The first kappa shape index (κ1) is 16.1. The number of fused-ring (bicyclic) bond motifs is 1. The highest BCUT2D eigenvalue weighted by atomic mass is 19.1. The van der Waals surface area contributed by atoms with E-state index < -0.39 is 17.2 Å². The Balaban J connectivity index is 1.83. The number of benzene rings is 1. The maximum absolute atomic E-state index is 14.5. The molecule has 0 bridgehead atoms. The zero-order chi connectivity index (χ0) is 17.6. The summed E-state index contributed by atoms with van der Waals surface area (Å²) in [5.41, 5.74) is -0.458. The number of nitrogens with zero attached hydrogens (tertiary/aromatic N) is 1. The van der Waals surface area contributed by atoms with Crippen molar-refractivity contribution in [2.45, 2.75) is 37.8 Å². The molecule has 4 rings (SSSR count). The van der Waals surface area contributed by atoms with Crippen LogP contribution in [0.5, 0.6) is 5.75 Å². The van der Waals surface area contributed by atoms with Crippen LogP contribution in [0.2, 0.25) is 0 Å². The topological polar surface area (TPSA) is 80.6 Å². The van der Waals surface area contributed by atoms with Crippen LogP contribution in [0.15, 0.2) is 23.1 Å². The Morgan fingerprint density at radius 1 is 1.24 bits per heavy atom. The summed E-state index contributed by atoms with van der Waals surface area (Å²) in [4.78, 5) is 23.7. The van der Waals surface area contributed by atoms with Crippen molar-refractivity contribution >= 4 is 16.9 Å². The fourth-order valence-corrected chi connectivity index (χ4v) is 3.34. The number of hydrogen-bond donors (Lipinski definition) is 2. The molecule has 1 aromatic carbocycles. The fourth-order valence-electron chi connectivity index (χ4n) is 3.34. The van der Waals surface area contributed by atoms with Gasteiger partial charge >= 0.3 is 5.97 Å². The van der Waals surface area contributed by atoms with Crippen LogP contribution in [0.25, 0.3) is 10.9 Å². The number of hydrogen-bond acceptors (Lipinski definition) is 4. The molecule has 2 fully saturated rings. The average molecular weight is 346 g/mol. The van der Waals surface area contributed by atoms with Gasteiger partial charge in [-0.2, -0.15) is 0 Å². The second kappa shape index (κ2) is 6.15. The van der Waals surface area contributed by atoms with Gasteiger partial charge in [-0.05, 0) is 44.8 Å². The molecule has 2 N–H and O–H groups in total. The van der Waals surface area contributed by atoms with Crippen LogP contribution in [0.1, 0.15) is 42.1 Å². The molecule has 25 heavy (non-hydrogen) atoms. The highest BCUT2D eigenvalue weighted by Gasteiger charge is 2.28. The molecule has 1 aromatic heterocycles. The van der Waals surface area contributed by atoms with E-state index in [4.69, 9.17) is 4.74 Å². The number of piperidine rings is 1. The maximum atomic E-state index is 14.5. The van der Waals surface area contributed by atoms with E-state index in [0.29, 0.717) is 5.52 Å². The van der Waals surface area contributed by atoms with Crippen LogP contribution in [-0.2, 0) is 0 Å². The summed E-state index contributed by atoms with van der Waals surface area (Å²) in [5, 5.41) is 12.6. The molecular weight excluding hydrogens is 327 g/mol. The molecule has 2 aromatic rings. The first-order valence-electron chi connectivity index (χ1n) is 8.53. The van der Waals surface area contributed by atoms with Gasteiger partial charge in [0.1, 0.15) is 11.7 Å². The van der Waals surface area contributed by atoms with E-state index in [0.717, 1.165) is 44.8 Å². The van der Waals surface area contributed by atoms with E-state index in [9.17, 15) is 19.1 Å². The Kier molecular flexibility index (Phi) is 3.95. The van der Waals surface area contributed by atoms with Gasteiger partial charge in [-0.25, -0.2) is 9.18 Å². The van der Waals surface area contributed by atoms with Gasteiger partial charge in [0.2, 0.25) is 5.43 Å². The monoisotopic (exact) mass is 346 g/mol. The summed E-state index contributed by atoms with van der Waals surface area (Å²) in [6.45, 7) is 1.66. The molecule has 1 saturated carbocycles. The number of ether oxygens (including phenoxy) is 1. The minimum atomic E-state index is -1.29. The maximum Gasteiger partial charge on any atom is 0.341 e. The van der Waals surface area contributed by atoms with E-state index in [1.807, 2.05) is 0 Å². The number of halogens is 1. The zero-order valence-corrected chi connectivity index (χ0v) is 13.6. The lowest BCUT2D eigenvalue weighted by Gasteiger charge is -2.24. The Hall–Kier alpha value is -2.41. The van der Waals surface area contributed by atoms with Crippen molar-refractivity contribution in [2.24, 2.45) is 0 Å². The van der Waals surface area contributed by atoms with Crippen molar-refractivity contribution in [3.05, 3.63) is 39.9 Å². The molecule has 2 heterocycles. The average Bonchev–Trinajstić information content (AvgIpc) is 3.42. The SMILES string of the molecule is O=C(O)c1cn(C2CC2)c2cc(OC3CCNCC3)c(F)cc2c1=O. The molecule has 1 saturated heterocycles. The molecule has 6 nitrogen and oxygen atoms in total. The van der Waals surface area contributed by atoms with Crippen LogP contribution < -0.4 is 15.5 Å². The van der Waals surface area contributed by atoms with Crippen LogP contribution in [-0.4, -0.2) is 34.8 Å². The highest BCUT2D eigenvalue weighted by molar-refractivity contribution is 5.93. The van der Waals surface area contributed by atoms with Gasteiger partial charge in [-0.15, -0.1) is 0 Å². The van der Waals surface area contributed by atoms with Gasteiger partial charge in [-0.3, -0.25) is 4.79 Å². The van der Waals surface area contributed by atoms with E-state index in [1.165, 1.54) is 12.3 Å². The molecule has 2 aliphatic rings. The highest BCUT2D eigenvalue weighted by Crippen LogP contribution is 2.38. The van der Waals surface area contributed by atoms with Crippen molar-refractivity contribution in [1.29, 1.82) is 0 Å². The van der Waals surface area contributed by atoms with Crippen molar-refractivity contribution in [3.8, 4) is 5.75 Å².